The smallest absolute Gasteiger partial charge is 0.247 e. The first-order chi connectivity index (χ1) is 12.1. The first kappa shape index (κ1) is 16.6. The van der Waals surface area contributed by atoms with Gasteiger partial charge in [-0.1, -0.05) is 36.4 Å². The molecule has 5 nitrogen and oxygen atoms in total. The van der Waals surface area contributed by atoms with Gasteiger partial charge in [0.2, 0.25) is 5.91 Å². The molecule has 126 valence electrons. The van der Waals surface area contributed by atoms with Crippen LogP contribution in [0.4, 0.5) is 0 Å². The SMILES string of the molecule is CN(C(=O)/C=C/c1cnn(C)c1)[C@@H](c1ccccc1)c1ccccn1. The minimum Gasteiger partial charge on any atom is -0.329 e. The zero-order valence-corrected chi connectivity index (χ0v) is 14.3. The Morgan fingerprint density at radius 3 is 2.56 bits per heavy atom. The van der Waals surface area contributed by atoms with Gasteiger partial charge in [-0.25, -0.2) is 0 Å². The zero-order valence-electron chi connectivity index (χ0n) is 14.3. The fourth-order valence-electron chi connectivity index (χ4n) is 2.70. The summed E-state index contributed by atoms with van der Waals surface area (Å²) in [4.78, 5) is 18.8. The lowest BCUT2D eigenvalue weighted by Gasteiger charge is -2.27. The largest absolute Gasteiger partial charge is 0.329 e. The lowest BCUT2D eigenvalue weighted by molar-refractivity contribution is -0.126. The Labute approximate surface area is 147 Å². The monoisotopic (exact) mass is 332 g/mol. The molecule has 0 spiro atoms. The van der Waals surface area contributed by atoms with E-state index in [0.717, 1.165) is 16.8 Å². The van der Waals surface area contributed by atoms with Crippen LogP contribution in [0.15, 0.2) is 73.2 Å². The highest BCUT2D eigenvalue weighted by atomic mass is 16.2. The molecule has 0 bridgehead atoms. The normalized spacial score (nSPS) is 12.2. The van der Waals surface area contributed by atoms with Gasteiger partial charge >= 0.3 is 0 Å². The number of hydrogen-bond acceptors (Lipinski definition) is 3. The summed E-state index contributed by atoms with van der Waals surface area (Å²) in [6.07, 6.45) is 8.66. The van der Waals surface area contributed by atoms with Crippen LogP contribution in [-0.4, -0.2) is 32.6 Å². The Kier molecular flexibility index (Phi) is 5.04. The molecule has 0 radical (unpaired) electrons. The summed E-state index contributed by atoms with van der Waals surface area (Å²) in [5.41, 5.74) is 2.74. The highest BCUT2D eigenvalue weighted by Crippen LogP contribution is 2.26. The van der Waals surface area contributed by atoms with Crippen LogP contribution < -0.4 is 0 Å². The molecule has 1 amide bonds. The van der Waals surface area contributed by atoms with Crippen molar-refractivity contribution in [2.24, 2.45) is 7.05 Å². The van der Waals surface area contributed by atoms with E-state index < -0.39 is 0 Å². The number of rotatable bonds is 5. The van der Waals surface area contributed by atoms with Gasteiger partial charge in [-0.15, -0.1) is 0 Å². The molecule has 5 heteroatoms. The minimum absolute atomic E-state index is 0.0941. The predicted molar refractivity (Wildman–Crippen MR) is 97.5 cm³/mol. The summed E-state index contributed by atoms with van der Waals surface area (Å²) in [6, 6.07) is 15.4. The van der Waals surface area contributed by atoms with E-state index in [4.69, 9.17) is 0 Å². The maximum atomic E-state index is 12.7. The van der Waals surface area contributed by atoms with Gasteiger partial charge in [-0.3, -0.25) is 14.5 Å². The molecule has 2 aromatic heterocycles. The Morgan fingerprint density at radius 2 is 1.92 bits per heavy atom. The second kappa shape index (κ2) is 7.57. The van der Waals surface area contributed by atoms with Crippen molar-refractivity contribution in [2.75, 3.05) is 7.05 Å². The second-order valence-electron chi connectivity index (χ2n) is 5.80. The van der Waals surface area contributed by atoms with Crippen molar-refractivity contribution in [3.63, 3.8) is 0 Å². The number of benzene rings is 1. The lowest BCUT2D eigenvalue weighted by Crippen LogP contribution is -2.31. The number of aryl methyl sites for hydroxylation is 1. The molecule has 0 N–H and O–H groups in total. The van der Waals surface area contributed by atoms with E-state index in [-0.39, 0.29) is 11.9 Å². The Morgan fingerprint density at radius 1 is 1.16 bits per heavy atom. The third-order valence-electron chi connectivity index (χ3n) is 3.96. The second-order valence-corrected chi connectivity index (χ2v) is 5.80. The molecule has 0 aliphatic rings. The van der Waals surface area contributed by atoms with E-state index in [1.165, 1.54) is 0 Å². The maximum Gasteiger partial charge on any atom is 0.247 e. The van der Waals surface area contributed by atoms with Crippen molar-refractivity contribution in [1.82, 2.24) is 19.7 Å². The molecule has 0 unspecified atom stereocenters. The quantitative estimate of drug-likeness (QED) is 0.675. The Bertz CT molecular complexity index is 816. The standard InChI is InChI=1S/C20H20N4O/c1-23-15-16(14-22-23)11-12-19(25)24(2)20(17-8-4-3-5-9-17)18-10-6-7-13-21-18/h3-15,20H,1-2H3/b12-11+/t20-/m0/s1. The number of carbonyl (C=O) groups is 1. The lowest BCUT2D eigenvalue weighted by atomic mass is 10.0. The third-order valence-corrected chi connectivity index (χ3v) is 3.96. The van der Waals surface area contributed by atoms with Gasteiger partial charge < -0.3 is 4.90 Å². The van der Waals surface area contributed by atoms with Crippen molar-refractivity contribution in [3.05, 3.63) is 90.0 Å². The van der Waals surface area contributed by atoms with Crippen LogP contribution in [0.2, 0.25) is 0 Å². The summed E-state index contributed by atoms with van der Waals surface area (Å²) in [6.45, 7) is 0. The van der Waals surface area contributed by atoms with Crippen LogP contribution in [0, 0.1) is 0 Å². The average molecular weight is 332 g/mol. The van der Waals surface area contributed by atoms with E-state index in [0.29, 0.717) is 0 Å². The van der Waals surface area contributed by atoms with Crippen LogP contribution in [0.5, 0.6) is 0 Å². The summed E-state index contributed by atoms with van der Waals surface area (Å²) in [5, 5.41) is 4.10. The Balaban J connectivity index is 1.87. The number of likely N-dealkylation sites (N-methyl/N-ethyl adjacent to an activating group) is 1. The van der Waals surface area contributed by atoms with Crippen molar-refractivity contribution < 1.29 is 4.79 Å². The van der Waals surface area contributed by atoms with Crippen LogP contribution in [0.25, 0.3) is 6.08 Å². The molecule has 25 heavy (non-hydrogen) atoms. The molecule has 0 saturated heterocycles. The molecule has 3 rings (SSSR count). The highest BCUT2D eigenvalue weighted by Gasteiger charge is 2.23. The van der Waals surface area contributed by atoms with E-state index in [1.54, 1.807) is 41.2 Å². The molecule has 0 aliphatic heterocycles. The van der Waals surface area contributed by atoms with E-state index >= 15 is 0 Å². The molecule has 0 fully saturated rings. The molecule has 1 atom stereocenters. The number of nitrogens with zero attached hydrogens (tertiary/aromatic N) is 4. The number of aromatic nitrogens is 3. The summed E-state index contributed by atoms with van der Waals surface area (Å²) < 4.78 is 1.70. The van der Waals surface area contributed by atoms with Gasteiger partial charge in [0, 0.05) is 38.1 Å². The number of hydrogen-bond donors (Lipinski definition) is 0. The van der Waals surface area contributed by atoms with Gasteiger partial charge in [-0.05, 0) is 23.8 Å². The number of carbonyl (C=O) groups excluding carboxylic acids is 1. The van der Waals surface area contributed by atoms with Crippen molar-refractivity contribution in [3.8, 4) is 0 Å². The van der Waals surface area contributed by atoms with Crippen LogP contribution in [0.1, 0.15) is 22.9 Å². The first-order valence-electron chi connectivity index (χ1n) is 8.04. The van der Waals surface area contributed by atoms with E-state index in [1.807, 2.05) is 61.8 Å². The summed E-state index contributed by atoms with van der Waals surface area (Å²) in [5.74, 6) is -0.0941. The summed E-state index contributed by atoms with van der Waals surface area (Å²) >= 11 is 0. The first-order valence-corrected chi connectivity index (χ1v) is 8.04. The molecular formula is C20H20N4O. The van der Waals surface area contributed by atoms with Gasteiger partial charge in [-0.2, -0.15) is 5.10 Å². The molecule has 0 aliphatic carbocycles. The van der Waals surface area contributed by atoms with Gasteiger partial charge in [0.1, 0.15) is 0 Å². The summed E-state index contributed by atoms with van der Waals surface area (Å²) in [7, 11) is 3.64. The number of amides is 1. The molecule has 2 heterocycles. The Hall–Kier alpha value is -3.21. The van der Waals surface area contributed by atoms with E-state index in [9.17, 15) is 4.79 Å². The average Bonchev–Trinajstić information content (AvgIpc) is 3.07. The van der Waals surface area contributed by atoms with Gasteiger partial charge in [0.05, 0.1) is 17.9 Å². The van der Waals surface area contributed by atoms with Crippen LogP contribution in [0.3, 0.4) is 0 Å². The van der Waals surface area contributed by atoms with Crippen LogP contribution >= 0.6 is 0 Å². The number of pyridine rings is 1. The minimum atomic E-state index is -0.242. The van der Waals surface area contributed by atoms with Crippen LogP contribution in [-0.2, 0) is 11.8 Å². The van der Waals surface area contributed by atoms with Crippen molar-refractivity contribution >= 4 is 12.0 Å². The molecule has 0 saturated carbocycles. The zero-order chi connectivity index (χ0) is 17.6. The van der Waals surface area contributed by atoms with Gasteiger partial charge in [0.15, 0.2) is 0 Å². The predicted octanol–water partition coefficient (Wildman–Crippen LogP) is 3.08. The molecule has 1 aromatic carbocycles. The van der Waals surface area contributed by atoms with Gasteiger partial charge in [0.25, 0.3) is 0 Å². The maximum absolute atomic E-state index is 12.7. The fraction of sp³-hybridized carbons (Fsp3) is 0.150. The molecular weight excluding hydrogens is 312 g/mol. The molecule has 3 aromatic rings. The van der Waals surface area contributed by atoms with E-state index in [2.05, 4.69) is 10.1 Å². The third kappa shape index (κ3) is 4.01. The van der Waals surface area contributed by atoms with Crippen molar-refractivity contribution in [1.29, 1.82) is 0 Å². The fourth-order valence-corrected chi connectivity index (χ4v) is 2.70. The topological polar surface area (TPSA) is 51.0 Å². The van der Waals surface area contributed by atoms with Crippen molar-refractivity contribution in [2.45, 2.75) is 6.04 Å². The highest BCUT2D eigenvalue weighted by molar-refractivity contribution is 5.92.